The molecule has 1 aromatic heterocycles. The molecule has 2 rings (SSSR count). The summed E-state index contributed by atoms with van der Waals surface area (Å²) in [6.07, 6.45) is 1.59. The molecule has 7 heteroatoms. The Bertz CT molecular complexity index is 647. The standard InChI is InChI=1S/C13H10FN3O3/c14-11-5-4-9(7-12(11)17(19)20)13(18)16-8-10-3-1-2-6-15-10/h1-7H,8H2,(H,16,18). The first-order valence-corrected chi connectivity index (χ1v) is 5.70. The zero-order chi connectivity index (χ0) is 14.5. The van der Waals surface area contributed by atoms with Gasteiger partial charge >= 0.3 is 5.69 Å². The quantitative estimate of drug-likeness (QED) is 0.683. The number of benzene rings is 1. The van der Waals surface area contributed by atoms with E-state index in [9.17, 15) is 19.3 Å². The van der Waals surface area contributed by atoms with Crippen molar-refractivity contribution in [2.75, 3.05) is 0 Å². The van der Waals surface area contributed by atoms with E-state index in [2.05, 4.69) is 10.3 Å². The van der Waals surface area contributed by atoms with Crippen LogP contribution in [0, 0.1) is 15.9 Å². The summed E-state index contributed by atoms with van der Waals surface area (Å²) in [6, 6.07) is 8.24. The Morgan fingerprint density at radius 2 is 2.15 bits per heavy atom. The second-order valence-electron chi connectivity index (χ2n) is 3.93. The first-order valence-electron chi connectivity index (χ1n) is 5.70. The molecule has 0 aliphatic carbocycles. The van der Waals surface area contributed by atoms with E-state index in [0.29, 0.717) is 5.69 Å². The summed E-state index contributed by atoms with van der Waals surface area (Å²) in [4.78, 5) is 25.6. The van der Waals surface area contributed by atoms with Crippen LogP contribution in [0.1, 0.15) is 16.1 Å². The van der Waals surface area contributed by atoms with Crippen molar-refractivity contribution in [2.45, 2.75) is 6.54 Å². The molecule has 1 N–H and O–H groups in total. The summed E-state index contributed by atoms with van der Waals surface area (Å²) in [7, 11) is 0. The predicted octanol–water partition coefficient (Wildman–Crippen LogP) is 2.06. The molecule has 0 radical (unpaired) electrons. The molecule has 0 unspecified atom stereocenters. The second-order valence-corrected chi connectivity index (χ2v) is 3.93. The van der Waals surface area contributed by atoms with Gasteiger partial charge in [0.1, 0.15) is 0 Å². The lowest BCUT2D eigenvalue weighted by atomic mass is 10.2. The van der Waals surface area contributed by atoms with E-state index in [1.165, 1.54) is 6.07 Å². The number of hydrogen-bond donors (Lipinski definition) is 1. The number of carbonyl (C=O) groups is 1. The third-order valence-electron chi connectivity index (χ3n) is 2.56. The Balaban J connectivity index is 2.10. The van der Waals surface area contributed by atoms with Crippen LogP contribution < -0.4 is 5.32 Å². The van der Waals surface area contributed by atoms with Gasteiger partial charge in [-0.3, -0.25) is 19.9 Å². The van der Waals surface area contributed by atoms with Crippen LogP contribution in [-0.2, 0) is 6.54 Å². The Morgan fingerprint density at radius 1 is 1.35 bits per heavy atom. The maximum absolute atomic E-state index is 13.2. The molecular formula is C13H10FN3O3. The van der Waals surface area contributed by atoms with Gasteiger partial charge in [-0.05, 0) is 24.3 Å². The lowest BCUT2D eigenvalue weighted by Gasteiger charge is -2.05. The Morgan fingerprint density at radius 3 is 2.80 bits per heavy atom. The van der Waals surface area contributed by atoms with Crippen molar-refractivity contribution in [1.29, 1.82) is 0 Å². The number of pyridine rings is 1. The van der Waals surface area contributed by atoms with E-state index in [4.69, 9.17) is 0 Å². The maximum atomic E-state index is 13.2. The van der Waals surface area contributed by atoms with Crippen molar-refractivity contribution < 1.29 is 14.1 Å². The van der Waals surface area contributed by atoms with Crippen LogP contribution in [0.3, 0.4) is 0 Å². The van der Waals surface area contributed by atoms with E-state index in [-0.39, 0.29) is 12.1 Å². The number of nitrogens with one attached hydrogen (secondary N) is 1. The normalized spacial score (nSPS) is 10.1. The van der Waals surface area contributed by atoms with Crippen molar-refractivity contribution in [3.8, 4) is 0 Å². The fourth-order valence-electron chi connectivity index (χ4n) is 1.57. The van der Waals surface area contributed by atoms with E-state index in [1.807, 2.05) is 0 Å². The van der Waals surface area contributed by atoms with Crippen molar-refractivity contribution in [1.82, 2.24) is 10.3 Å². The molecule has 1 amide bonds. The topological polar surface area (TPSA) is 85.1 Å². The summed E-state index contributed by atoms with van der Waals surface area (Å²) in [6.45, 7) is 0.185. The number of nitrogens with zero attached hydrogens (tertiary/aromatic N) is 2. The zero-order valence-corrected chi connectivity index (χ0v) is 10.2. The highest BCUT2D eigenvalue weighted by Gasteiger charge is 2.17. The number of hydrogen-bond acceptors (Lipinski definition) is 4. The number of carbonyl (C=O) groups excluding carboxylic acids is 1. The van der Waals surface area contributed by atoms with Crippen LogP contribution in [0.2, 0.25) is 0 Å². The second kappa shape index (κ2) is 5.87. The van der Waals surface area contributed by atoms with E-state index in [0.717, 1.165) is 12.1 Å². The maximum Gasteiger partial charge on any atom is 0.305 e. The third kappa shape index (κ3) is 3.14. The summed E-state index contributed by atoms with van der Waals surface area (Å²) >= 11 is 0. The lowest BCUT2D eigenvalue weighted by Crippen LogP contribution is -2.23. The Hall–Kier alpha value is -2.83. The van der Waals surface area contributed by atoms with Crippen LogP contribution in [0.15, 0.2) is 42.6 Å². The molecule has 0 saturated heterocycles. The monoisotopic (exact) mass is 275 g/mol. The third-order valence-corrected chi connectivity index (χ3v) is 2.56. The highest BCUT2D eigenvalue weighted by molar-refractivity contribution is 5.94. The molecule has 102 valence electrons. The minimum Gasteiger partial charge on any atom is -0.346 e. The summed E-state index contributed by atoms with van der Waals surface area (Å²) in [5, 5.41) is 13.2. The number of rotatable bonds is 4. The minimum absolute atomic E-state index is 0.0223. The molecule has 6 nitrogen and oxygen atoms in total. The molecule has 0 saturated carbocycles. The first kappa shape index (κ1) is 13.6. The number of halogens is 1. The molecule has 0 aliphatic rings. The molecule has 0 atom stereocenters. The van der Waals surface area contributed by atoms with Gasteiger partial charge in [0.05, 0.1) is 17.2 Å². The van der Waals surface area contributed by atoms with Gasteiger partial charge in [0, 0.05) is 17.8 Å². The summed E-state index contributed by atoms with van der Waals surface area (Å²) in [5.74, 6) is -1.50. The molecular weight excluding hydrogens is 265 g/mol. The van der Waals surface area contributed by atoms with Gasteiger partial charge in [0.15, 0.2) is 0 Å². The number of amides is 1. The predicted molar refractivity (Wildman–Crippen MR) is 68.5 cm³/mol. The number of nitro benzene ring substituents is 1. The molecule has 1 aromatic carbocycles. The smallest absolute Gasteiger partial charge is 0.305 e. The van der Waals surface area contributed by atoms with Crippen LogP contribution in [-0.4, -0.2) is 15.8 Å². The number of nitro groups is 1. The highest BCUT2D eigenvalue weighted by Crippen LogP contribution is 2.18. The molecule has 0 fully saturated rings. The van der Waals surface area contributed by atoms with Crippen molar-refractivity contribution >= 4 is 11.6 Å². The Labute approximate surface area is 113 Å². The summed E-state index contributed by atoms with van der Waals surface area (Å²) < 4.78 is 13.2. The highest BCUT2D eigenvalue weighted by atomic mass is 19.1. The molecule has 20 heavy (non-hydrogen) atoms. The largest absolute Gasteiger partial charge is 0.346 e. The van der Waals surface area contributed by atoms with Crippen LogP contribution in [0.4, 0.5) is 10.1 Å². The summed E-state index contributed by atoms with van der Waals surface area (Å²) in [5.41, 5.74) is -0.0537. The average Bonchev–Trinajstić information content (AvgIpc) is 2.46. The molecule has 1 heterocycles. The van der Waals surface area contributed by atoms with Gasteiger partial charge in [-0.25, -0.2) is 0 Å². The Kier molecular flexibility index (Phi) is 3.99. The molecule has 0 spiro atoms. The van der Waals surface area contributed by atoms with Gasteiger partial charge in [-0.15, -0.1) is 0 Å². The van der Waals surface area contributed by atoms with E-state index < -0.39 is 22.3 Å². The van der Waals surface area contributed by atoms with Gasteiger partial charge in [0.2, 0.25) is 5.82 Å². The van der Waals surface area contributed by atoms with Crippen LogP contribution in [0.25, 0.3) is 0 Å². The molecule has 0 aliphatic heterocycles. The average molecular weight is 275 g/mol. The van der Waals surface area contributed by atoms with Crippen molar-refractivity contribution in [3.63, 3.8) is 0 Å². The van der Waals surface area contributed by atoms with Crippen molar-refractivity contribution in [2.24, 2.45) is 0 Å². The number of aromatic nitrogens is 1. The zero-order valence-electron chi connectivity index (χ0n) is 10.2. The molecule has 2 aromatic rings. The lowest BCUT2D eigenvalue weighted by molar-refractivity contribution is -0.387. The van der Waals surface area contributed by atoms with Gasteiger partial charge in [0.25, 0.3) is 5.91 Å². The SMILES string of the molecule is O=C(NCc1ccccn1)c1ccc(F)c([N+](=O)[O-])c1. The van der Waals surface area contributed by atoms with Crippen LogP contribution >= 0.6 is 0 Å². The minimum atomic E-state index is -0.976. The van der Waals surface area contributed by atoms with Gasteiger partial charge < -0.3 is 5.32 Å². The van der Waals surface area contributed by atoms with Gasteiger partial charge in [-0.1, -0.05) is 6.07 Å². The first-order chi connectivity index (χ1) is 9.58. The van der Waals surface area contributed by atoms with Crippen molar-refractivity contribution in [3.05, 3.63) is 69.8 Å². The molecule has 0 bridgehead atoms. The van der Waals surface area contributed by atoms with Crippen LogP contribution in [0.5, 0.6) is 0 Å². The van der Waals surface area contributed by atoms with Gasteiger partial charge in [-0.2, -0.15) is 4.39 Å². The fourth-order valence-corrected chi connectivity index (χ4v) is 1.57. The van der Waals surface area contributed by atoms with E-state index >= 15 is 0 Å². The van der Waals surface area contributed by atoms with E-state index in [1.54, 1.807) is 24.4 Å². The fraction of sp³-hybridized carbons (Fsp3) is 0.0769.